The van der Waals surface area contributed by atoms with E-state index >= 15 is 0 Å². The lowest BCUT2D eigenvalue weighted by molar-refractivity contribution is 0.0697. The van der Waals surface area contributed by atoms with Crippen LogP contribution in [-0.2, 0) is 0 Å². The van der Waals surface area contributed by atoms with Gasteiger partial charge < -0.3 is 15.2 Å². The molecular formula is C13H12ClN3O3. The van der Waals surface area contributed by atoms with E-state index in [9.17, 15) is 4.79 Å². The van der Waals surface area contributed by atoms with E-state index in [-0.39, 0.29) is 5.56 Å². The average Bonchev–Trinajstić information content (AvgIpc) is 2.43. The molecule has 0 fully saturated rings. The molecule has 20 heavy (non-hydrogen) atoms. The summed E-state index contributed by atoms with van der Waals surface area (Å²) >= 11 is 6.05. The lowest BCUT2D eigenvalue weighted by atomic mass is 10.2. The van der Waals surface area contributed by atoms with Crippen LogP contribution in [0.15, 0.2) is 24.5 Å². The summed E-state index contributed by atoms with van der Waals surface area (Å²) in [5, 5.41) is 12.2. The first-order valence-corrected chi connectivity index (χ1v) is 6.06. The van der Waals surface area contributed by atoms with Crippen LogP contribution in [0.4, 0.5) is 11.5 Å². The molecule has 2 rings (SSSR count). The molecule has 0 aliphatic carbocycles. The van der Waals surface area contributed by atoms with E-state index in [0.717, 1.165) is 5.56 Å². The monoisotopic (exact) mass is 293 g/mol. The number of anilines is 2. The van der Waals surface area contributed by atoms with Crippen LogP contribution >= 0.6 is 11.6 Å². The molecule has 2 aromatic rings. The van der Waals surface area contributed by atoms with Gasteiger partial charge in [0, 0.05) is 0 Å². The molecule has 1 aromatic carbocycles. The van der Waals surface area contributed by atoms with Gasteiger partial charge in [0.25, 0.3) is 0 Å². The average molecular weight is 294 g/mol. The van der Waals surface area contributed by atoms with Crippen LogP contribution in [0.5, 0.6) is 5.88 Å². The maximum atomic E-state index is 10.8. The van der Waals surface area contributed by atoms with Crippen molar-refractivity contribution in [2.24, 2.45) is 0 Å². The molecule has 0 unspecified atom stereocenters. The molecule has 2 N–H and O–H groups in total. The van der Waals surface area contributed by atoms with Gasteiger partial charge in [0.15, 0.2) is 0 Å². The minimum atomic E-state index is -1.03. The summed E-state index contributed by atoms with van der Waals surface area (Å²) in [6.45, 7) is 1.81. The lowest BCUT2D eigenvalue weighted by Gasteiger charge is -2.11. The SMILES string of the molecule is COc1ncnc(Nc2ccc(C(=O)O)cc2Cl)c1C. The number of aromatic nitrogens is 2. The number of rotatable bonds is 4. The summed E-state index contributed by atoms with van der Waals surface area (Å²) in [5.74, 6) is -0.0269. The van der Waals surface area contributed by atoms with Gasteiger partial charge in [-0.1, -0.05) is 11.6 Å². The number of ether oxygens (including phenoxy) is 1. The zero-order valence-electron chi connectivity index (χ0n) is 10.8. The highest BCUT2D eigenvalue weighted by Gasteiger charge is 2.11. The standard InChI is InChI=1S/C13H12ClN3O3/c1-7-11(15-6-16-12(7)20-2)17-10-4-3-8(13(18)19)5-9(10)14/h3-6H,1-2H3,(H,18,19)(H,15,16,17). The van der Waals surface area contributed by atoms with E-state index < -0.39 is 5.97 Å². The Hall–Kier alpha value is -2.34. The molecule has 0 bridgehead atoms. The molecule has 0 aliphatic rings. The first-order valence-electron chi connectivity index (χ1n) is 5.68. The first-order chi connectivity index (χ1) is 9.52. The number of benzene rings is 1. The maximum Gasteiger partial charge on any atom is 0.335 e. The van der Waals surface area contributed by atoms with Crippen molar-refractivity contribution in [2.45, 2.75) is 6.92 Å². The Bertz CT molecular complexity index is 661. The van der Waals surface area contributed by atoms with Crippen molar-refractivity contribution in [2.75, 3.05) is 12.4 Å². The van der Waals surface area contributed by atoms with Gasteiger partial charge in [0.1, 0.15) is 12.1 Å². The van der Waals surface area contributed by atoms with Gasteiger partial charge in [-0.05, 0) is 25.1 Å². The Kier molecular flexibility index (Phi) is 4.05. The van der Waals surface area contributed by atoms with Gasteiger partial charge in [-0.3, -0.25) is 0 Å². The molecule has 0 aliphatic heterocycles. The van der Waals surface area contributed by atoms with Crippen molar-refractivity contribution >= 4 is 29.1 Å². The zero-order chi connectivity index (χ0) is 14.7. The van der Waals surface area contributed by atoms with Crippen LogP contribution in [0.2, 0.25) is 5.02 Å². The van der Waals surface area contributed by atoms with Crippen molar-refractivity contribution in [1.82, 2.24) is 9.97 Å². The van der Waals surface area contributed by atoms with Crippen LogP contribution < -0.4 is 10.1 Å². The number of carboxylic acid groups (broad SMARTS) is 1. The summed E-state index contributed by atoms with van der Waals surface area (Å²) < 4.78 is 5.10. The number of methoxy groups -OCH3 is 1. The Labute approximate surface area is 120 Å². The van der Waals surface area contributed by atoms with Crippen molar-refractivity contribution in [1.29, 1.82) is 0 Å². The van der Waals surface area contributed by atoms with E-state index in [1.165, 1.54) is 25.6 Å². The third-order valence-electron chi connectivity index (χ3n) is 2.70. The predicted molar refractivity (Wildman–Crippen MR) is 75.0 cm³/mol. The number of nitrogens with one attached hydrogen (secondary N) is 1. The fourth-order valence-electron chi connectivity index (χ4n) is 1.64. The molecule has 1 heterocycles. The van der Waals surface area contributed by atoms with Crippen LogP contribution in [0.3, 0.4) is 0 Å². The Morgan fingerprint density at radius 2 is 2.15 bits per heavy atom. The highest BCUT2D eigenvalue weighted by molar-refractivity contribution is 6.33. The minimum Gasteiger partial charge on any atom is -0.481 e. The van der Waals surface area contributed by atoms with Gasteiger partial charge in [0.05, 0.1) is 28.9 Å². The second-order valence-electron chi connectivity index (χ2n) is 3.98. The lowest BCUT2D eigenvalue weighted by Crippen LogP contribution is -2.02. The molecule has 0 amide bonds. The Morgan fingerprint density at radius 3 is 2.75 bits per heavy atom. The number of halogens is 1. The maximum absolute atomic E-state index is 10.8. The summed E-state index contributed by atoms with van der Waals surface area (Å²) in [6, 6.07) is 4.42. The first kappa shape index (κ1) is 14.1. The van der Waals surface area contributed by atoms with Gasteiger partial charge in [-0.25, -0.2) is 14.8 Å². The number of carboxylic acids is 1. The second kappa shape index (κ2) is 5.75. The van der Waals surface area contributed by atoms with E-state index in [4.69, 9.17) is 21.4 Å². The van der Waals surface area contributed by atoms with Gasteiger partial charge in [-0.15, -0.1) is 0 Å². The number of hydrogen-bond acceptors (Lipinski definition) is 5. The van der Waals surface area contributed by atoms with Gasteiger partial charge >= 0.3 is 5.97 Å². The quantitative estimate of drug-likeness (QED) is 0.901. The van der Waals surface area contributed by atoms with Crippen LogP contribution in [0.25, 0.3) is 0 Å². The molecule has 7 heteroatoms. The fraction of sp³-hybridized carbons (Fsp3) is 0.154. The third kappa shape index (κ3) is 2.80. The minimum absolute atomic E-state index is 0.123. The topological polar surface area (TPSA) is 84.3 Å². The summed E-state index contributed by atoms with van der Waals surface area (Å²) in [4.78, 5) is 18.9. The summed E-state index contributed by atoms with van der Waals surface area (Å²) in [6.07, 6.45) is 1.37. The van der Waals surface area contributed by atoms with E-state index in [1.807, 2.05) is 0 Å². The molecule has 0 radical (unpaired) electrons. The van der Waals surface area contributed by atoms with Crippen molar-refractivity contribution < 1.29 is 14.6 Å². The summed E-state index contributed by atoms with van der Waals surface area (Å²) in [7, 11) is 1.52. The van der Waals surface area contributed by atoms with Gasteiger partial charge in [-0.2, -0.15) is 0 Å². The zero-order valence-corrected chi connectivity index (χ0v) is 11.6. The number of aromatic carboxylic acids is 1. The molecule has 0 spiro atoms. The predicted octanol–water partition coefficient (Wildman–Crippen LogP) is 2.89. The van der Waals surface area contributed by atoms with Crippen molar-refractivity contribution in [3.63, 3.8) is 0 Å². The van der Waals surface area contributed by atoms with Gasteiger partial charge in [0.2, 0.25) is 5.88 Å². The molecule has 6 nitrogen and oxygen atoms in total. The van der Waals surface area contributed by atoms with Crippen molar-refractivity contribution in [3.8, 4) is 5.88 Å². The molecular weight excluding hydrogens is 282 g/mol. The smallest absolute Gasteiger partial charge is 0.335 e. The largest absolute Gasteiger partial charge is 0.481 e. The fourth-order valence-corrected chi connectivity index (χ4v) is 1.87. The van der Waals surface area contributed by atoms with Crippen LogP contribution in [0.1, 0.15) is 15.9 Å². The van der Waals surface area contributed by atoms with Crippen molar-refractivity contribution in [3.05, 3.63) is 40.7 Å². The second-order valence-corrected chi connectivity index (χ2v) is 4.39. The molecule has 0 atom stereocenters. The highest BCUT2D eigenvalue weighted by atomic mass is 35.5. The Balaban J connectivity index is 2.33. The van der Waals surface area contributed by atoms with Crippen LogP contribution in [-0.4, -0.2) is 28.2 Å². The molecule has 104 valence electrons. The number of carbonyl (C=O) groups is 1. The number of hydrogen-bond donors (Lipinski definition) is 2. The highest BCUT2D eigenvalue weighted by Crippen LogP contribution is 2.28. The van der Waals surface area contributed by atoms with Crippen LogP contribution in [0, 0.1) is 6.92 Å². The van der Waals surface area contributed by atoms with E-state index in [0.29, 0.717) is 22.4 Å². The molecule has 1 aromatic heterocycles. The third-order valence-corrected chi connectivity index (χ3v) is 3.01. The molecule has 0 saturated carbocycles. The normalized spacial score (nSPS) is 10.2. The summed E-state index contributed by atoms with van der Waals surface area (Å²) in [5.41, 5.74) is 1.41. The number of nitrogens with zero attached hydrogens (tertiary/aromatic N) is 2. The Morgan fingerprint density at radius 1 is 1.40 bits per heavy atom. The molecule has 0 saturated heterocycles. The van der Waals surface area contributed by atoms with E-state index in [2.05, 4.69) is 15.3 Å². The van der Waals surface area contributed by atoms with E-state index in [1.54, 1.807) is 13.0 Å².